The molecule has 1 aromatic heterocycles. The number of halogens is 2. The zero-order valence-corrected chi connectivity index (χ0v) is 16.1. The van der Waals surface area contributed by atoms with E-state index < -0.39 is 0 Å². The van der Waals surface area contributed by atoms with E-state index in [1.165, 1.54) is 16.4 Å². The van der Waals surface area contributed by atoms with Crippen molar-refractivity contribution < 1.29 is 4.79 Å². The number of benzene rings is 2. The zero-order chi connectivity index (χ0) is 18.7. The van der Waals surface area contributed by atoms with Crippen LogP contribution in [0.2, 0.25) is 10.0 Å². The maximum absolute atomic E-state index is 12.1. The summed E-state index contributed by atoms with van der Waals surface area (Å²) in [6, 6.07) is 12.6. The summed E-state index contributed by atoms with van der Waals surface area (Å²) < 4.78 is 1.31. The summed E-state index contributed by atoms with van der Waals surface area (Å²) in [5.74, 6) is 6.44. The van der Waals surface area contributed by atoms with E-state index in [4.69, 9.17) is 29.0 Å². The Morgan fingerprint density at radius 2 is 2.04 bits per heavy atom. The van der Waals surface area contributed by atoms with Crippen LogP contribution in [-0.2, 0) is 4.79 Å². The van der Waals surface area contributed by atoms with E-state index in [-0.39, 0.29) is 11.7 Å². The van der Waals surface area contributed by atoms with Crippen molar-refractivity contribution in [1.29, 1.82) is 0 Å². The van der Waals surface area contributed by atoms with Crippen LogP contribution in [0.1, 0.15) is 5.56 Å². The summed E-state index contributed by atoms with van der Waals surface area (Å²) in [7, 11) is 0. The van der Waals surface area contributed by atoms with E-state index in [0.717, 1.165) is 11.3 Å². The molecule has 0 aliphatic carbocycles. The third kappa shape index (κ3) is 4.30. The highest BCUT2D eigenvalue weighted by atomic mass is 35.5. The molecule has 9 heteroatoms. The lowest BCUT2D eigenvalue weighted by atomic mass is 10.2. The minimum absolute atomic E-state index is 0.150. The molecule has 3 N–H and O–H groups in total. The molecule has 0 saturated heterocycles. The lowest BCUT2D eigenvalue weighted by molar-refractivity contribution is -0.113. The first-order valence-corrected chi connectivity index (χ1v) is 9.33. The Labute approximate surface area is 164 Å². The van der Waals surface area contributed by atoms with E-state index in [1.807, 2.05) is 31.2 Å². The van der Waals surface area contributed by atoms with Gasteiger partial charge in [0.2, 0.25) is 11.1 Å². The van der Waals surface area contributed by atoms with Crippen LogP contribution in [0.15, 0.2) is 47.6 Å². The van der Waals surface area contributed by atoms with Crippen LogP contribution in [0.3, 0.4) is 0 Å². The van der Waals surface area contributed by atoms with Gasteiger partial charge in [-0.15, -0.1) is 10.2 Å². The third-order valence-corrected chi connectivity index (χ3v) is 4.96. The van der Waals surface area contributed by atoms with Gasteiger partial charge in [-0.1, -0.05) is 47.1 Å². The lowest BCUT2D eigenvalue weighted by Crippen LogP contribution is -2.16. The molecule has 134 valence electrons. The first-order chi connectivity index (χ1) is 12.4. The van der Waals surface area contributed by atoms with Crippen molar-refractivity contribution in [2.24, 2.45) is 0 Å². The highest BCUT2D eigenvalue weighted by Crippen LogP contribution is 2.30. The van der Waals surface area contributed by atoms with Crippen molar-refractivity contribution in [1.82, 2.24) is 14.9 Å². The largest absolute Gasteiger partial charge is 0.335 e. The minimum atomic E-state index is -0.158. The number of nitrogens with two attached hydrogens (primary N) is 1. The average Bonchev–Trinajstić information content (AvgIpc) is 2.94. The summed E-state index contributed by atoms with van der Waals surface area (Å²) >= 11 is 13.3. The Hall–Kier alpha value is -2.22. The molecular formula is C17H15Cl2N5OS. The van der Waals surface area contributed by atoms with Gasteiger partial charge in [-0.3, -0.25) is 4.79 Å². The molecule has 0 spiro atoms. The summed E-state index contributed by atoms with van der Waals surface area (Å²) in [4.78, 5) is 12.1. The summed E-state index contributed by atoms with van der Waals surface area (Å²) in [5.41, 5.74) is 2.43. The van der Waals surface area contributed by atoms with Gasteiger partial charge in [0.15, 0.2) is 5.82 Å². The normalized spacial score (nSPS) is 10.7. The summed E-state index contributed by atoms with van der Waals surface area (Å²) in [6.07, 6.45) is 0. The molecule has 2 aromatic carbocycles. The van der Waals surface area contributed by atoms with Gasteiger partial charge in [0.25, 0.3) is 0 Å². The lowest BCUT2D eigenvalue weighted by Gasteiger charge is -2.07. The maximum atomic E-state index is 12.1. The van der Waals surface area contributed by atoms with Crippen molar-refractivity contribution in [2.45, 2.75) is 12.1 Å². The second kappa shape index (κ2) is 7.99. The fourth-order valence-corrected chi connectivity index (χ4v) is 3.43. The van der Waals surface area contributed by atoms with Crippen LogP contribution in [-0.4, -0.2) is 26.5 Å². The van der Waals surface area contributed by atoms with Gasteiger partial charge >= 0.3 is 0 Å². The number of aromatic nitrogens is 3. The topological polar surface area (TPSA) is 85.8 Å². The number of hydrogen-bond acceptors (Lipinski definition) is 5. The standard InChI is InChI=1S/C17H15Cl2N5OS/c1-10-3-2-4-12(7-10)21-15(25)9-26-17-23-22-16(24(17)20)13-6-5-11(18)8-14(13)19/h2-8H,9,20H2,1H3,(H,21,25). The predicted octanol–water partition coefficient (Wildman–Crippen LogP) is 4.00. The molecule has 3 aromatic rings. The number of amides is 1. The van der Waals surface area contributed by atoms with Crippen LogP contribution in [0.4, 0.5) is 5.69 Å². The maximum Gasteiger partial charge on any atom is 0.234 e. The Morgan fingerprint density at radius 1 is 1.23 bits per heavy atom. The molecule has 1 heterocycles. The van der Waals surface area contributed by atoms with Crippen molar-refractivity contribution in [3.63, 3.8) is 0 Å². The van der Waals surface area contributed by atoms with Crippen molar-refractivity contribution >= 4 is 46.6 Å². The molecule has 26 heavy (non-hydrogen) atoms. The van der Waals surface area contributed by atoms with Crippen LogP contribution in [0.5, 0.6) is 0 Å². The first-order valence-electron chi connectivity index (χ1n) is 7.59. The van der Waals surface area contributed by atoms with E-state index in [1.54, 1.807) is 18.2 Å². The number of anilines is 1. The van der Waals surface area contributed by atoms with Gasteiger partial charge < -0.3 is 11.2 Å². The number of nitrogens with one attached hydrogen (secondary N) is 1. The Balaban J connectivity index is 1.68. The summed E-state index contributed by atoms with van der Waals surface area (Å²) in [5, 5.41) is 12.3. The molecule has 0 fully saturated rings. The Bertz CT molecular complexity index is 960. The number of nitrogens with zero attached hydrogens (tertiary/aromatic N) is 3. The highest BCUT2D eigenvalue weighted by molar-refractivity contribution is 7.99. The molecule has 0 aliphatic rings. The molecule has 0 unspecified atom stereocenters. The van der Waals surface area contributed by atoms with Crippen molar-refractivity contribution in [3.05, 3.63) is 58.1 Å². The van der Waals surface area contributed by atoms with Gasteiger partial charge in [-0.25, -0.2) is 4.68 Å². The number of carbonyl (C=O) groups is 1. The monoisotopic (exact) mass is 407 g/mol. The molecule has 0 bridgehead atoms. The van der Waals surface area contributed by atoms with Gasteiger partial charge in [-0.2, -0.15) is 0 Å². The quantitative estimate of drug-likeness (QED) is 0.492. The number of carbonyl (C=O) groups excluding carboxylic acids is 1. The second-order valence-corrected chi connectivity index (χ2v) is 7.29. The molecular weight excluding hydrogens is 393 g/mol. The number of hydrogen-bond donors (Lipinski definition) is 2. The second-order valence-electron chi connectivity index (χ2n) is 5.51. The highest BCUT2D eigenvalue weighted by Gasteiger charge is 2.16. The molecule has 6 nitrogen and oxygen atoms in total. The van der Waals surface area contributed by atoms with Gasteiger partial charge in [0.05, 0.1) is 10.8 Å². The first kappa shape index (κ1) is 18.6. The molecule has 0 atom stereocenters. The van der Waals surface area contributed by atoms with E-state index >= 15 is 0 Å². The van der Waals surface area contributed by atoms with Crippen LogP contribution in [0, 0.1) is 6.92 Å². The smallest absolute Gasteiger partial charge is 0.234 e. The van der Waals surface area contributed by atoms with E-state index in [0.29, 0.717) is 26.6 Å². The fraction of sp³-hybridized carbons (Fsp3) is 0.118. The average molecular weight is 408 g/mol. The number of thioether (sulfide) groups is 1. The van der Waals surface area contributed by atoms with Gasteiger partial charge in [0, 0.05) is 16.3 Å². The molecule has 0 radical (unpaired) electrons. The fourth-order valence-electron chi connectivity index (χ4n) is 2.28. The summed E-state index contributed by atoms with van der Waals surface area (Å²) in [6.45, 7) is 1.96. The predicted molar refractivity (Wildman–Crippen MR) is 106 cm³/mol. The van der Waals surface area contributed by atoms with Crippen molar-refractivity contribution in [3.8, 4) is 11.4 Å². The number of rotatable bonds is 5. The van der Waals surface area contributed by atoms with Crippen molar-refractivity contribution in [2.75, 3.05) is 16.9 Å². The number of aryl methyl sites for hydroxylation is 1. The molecule has 3 rings (SSSR count). The molecule has 0 aliphatic heterocycles. The van der Waals surface area contributed by atoms with Crippen LogP contribution < -0.4 is 11.2 Å². The van der Waals surface area contributed by atoms with E-state index in [9.17, 15) is 4.79 Å². The minimum Gasteiger partial charge on any atom is -0.335 e. The van der Waals surface area contributed by atoms with Crippen LogP contribution in [0.25, 0.3) is 11.4 Å². The van der Waals surface area contributed by atoms with Crippen LogP contribution >= 0.6 is 35.0 Å². The Morgan fingerprint density at radius 3 is 2.77 bits per heavy atom. The molecule has 0 saturated carbocycles. The SMILES string of the molecule is Cc1cccc(NC(=O)CSc2nnc(-c3ccc(Cl)cc3Cl)n2N)c1. The van der Waals surface area contributed by atoms with Gasteiger partial charge in [0.1, 0.15) is 0 Å². The van der Waals surface area contributed by atoms with Gasteiger partial charge in [-0.05, 0) is 42.8 Å². The number of nitrogen functional groups attached to an aromatic ring is 1. The van der Waals surface area contributed by atoms with E-state index in [2.05, 4.69) is 15.5 Å². The Kier molecular flexibility index (Phi) is 5.70. The third-order valence-electron chi connectivity index (χ3n) is 3.47. The zero-order valence-electron chi connectivity index (χ0n) is 13.7. The molecule has 1 amide bonds.